The number of fused-ring (bicyclic) bond motifs is 1. The molecule has 2 aromatic heterocycles. The normalized spacial score (nSPS) is 11.3. The van der Waals surface area contributed by atoms with Gasteiger partial charge in [0, 0.05) is 29.9 Å². The van der Waals surface area contributed by atoms with Crippen LogP contribution in [0.3, 0.4) is 0 Å². The van der Waals surface area contributed by atoms with Gasteiger partial charge in [0.2, 0.25) is 5.91 Å². The van der Waals surface area contributed by atoms with E-state index in [1.165, 1.54) is 13.4 Å². The van der Waals surface area contributed by atoms with Gasteiger partial charge in [0.1, 0.15) is 30.3 Å². The fraction of sp³-hybridized carbons (Fsp3) is 0.185. The first-order valence-corrected chi connectivity index (χ1v) is 11.0. The molecule has 2 aromatic carbocycles. The highest BCUT2D eigenvalue weighted by Crippen LogP contribution is 2.29. The number of benzene rings is 2. The van der Waals surface area contributed by atoms with Gasteiger partial charge in [-0.05, 0) is 67.9 Å². The van der Waals surface area contributed by atoms with Crippen LogP contribution < -0.4 is 15.4 Å². The number of carbonyl (C=O) groups is 1. The van der Waals surface area contributed by atoms with Crippen LogP contribution in [0.25, 0.3) is 10.9 Å². The van der Waals surface area contributed by atoms with E-state index in [4.69, 9.17) is 9.47 Å². The molecular weight excluding hydrogens is 442 g/mol. The van der Waals surface area contributed by atoms with Crippen LogP contribution in [0.2, 0.25) is 0 Å². The van der Waals surface area contributed by atoms with Crippen molar-refractivity contribution >= 4 is 28.3 Å². The van der Waals surface area contributed by atoms with Gasteiger partial charge >= 0.3 is 0 Å². The van der Waals surface area contributed by atoms with Crippen LogP contribution in [0.4, 0.5) is 11.5 Å². The van der Waals surface area contributed by atoms with E-state index >= 15 is 0 Å². The summed E-state index contributed by atoms with van der Waals surface area (Å²) in [6.45, 7) is 3.81. The number of hydrogen-bond acceptors (Lipinski definition) is 7. The van der Waals surface area contributed by atoms with Crippen LogP contribution in [0.15, 0.2) is 67.3 Å². The molecule has 176 valence electrons. The molecule has 0 spiro atoms. The molecule has 0 saturated carbocycles. The van der Waals surface area contributed by atoms with Crippen molar-refractivity contribution in [3.8, 4) is 23.3 Å². The molecule has 1 atom stereocenters. The third kappa shape index (κ3) is 6.31. The van der Waals surface area contributed by atoms with Crippen molar-refractivity contribution in [1.82, 2.24) is 20.3 Å². The molecule has 0 bridgehead atoms. The lowest BCUT2D eigenvalue weighted by Gasteiger charge is -2.12. The summed E-state index contributed by atoms with van der Waals surface area (Å²) >= 11 is 0. The van der Waals surface area contributed by atoms with E-state index in [-0.39, 0.29) is 18.6 Å². The molecule has 2 N–H and O–H groups in total. The van der Waals surface area contributed by atoms with Gasteiger partial charge in [0.25, 0.3) is 0 Å². The fourth-order valence-electron chi connectivity index (χ4n) is 3.39. The minimum Gasteiger partial charge on any atom is -0.455 e. The van der Waals surface area contributed by atoms with Crippen molar-refractivity contribution in [2.24, 2.45) is 0 Å². The van der Waals surface area contributed by atoms with Crippen molar-refractivity contribution in [1.29, 1.82) is 0 Å². The first-order valence-electron chi connectivity index (χ1n) is 11.0. The van der Waals surface area contributed by atoms with E-state index in [0.29, 0.717) is 11.6 Å². The Morgan fingerprint density at radius 2 is 2.03 bits per heavy atom. The molecule has 0 radical (unpaired) electrons. The van der Waals surface area contributed by atoms with Gasteiger partial charge in [-0.15, -0.1) is 0 Å². The Morgan fingerprint density at radius 1 is 1.14 bits per heavy atom. The highest BCUT2D eigenvalue weighted by Gasteiger charge is 2.08. The summed E-state index contributed by atoms with van der Waals surface area (Å²) < 4.78 is 10.7. The van der Waals surface area contributed by atoms with Crippen LogP contribution in [-0.2, 0) is 9.53 Å². The van der Waals surface area contributed by atoms with Gasteiger partial charge in [-0.25, -0.2) is 9.97 Å². The van der Waals surface area contributed by atoms with E-state index in [9.17, 15) is 4.79 Å². The van der Waals surface area contributed by atoms with Gasteiger partial charge < -0.3 is 20.1 Å². The van der Waals surface area contributed by atoms with Gasteiger partial charge in [-0.3, -0.25) is 9.78 Å². The molecule has 8 nitrogen and oxygen atoms in total. The minimum absolute atomic E-state index is 0.00437. The van der Waals surface area contributed by atoms with Crippen molar-refractivity contribution < 1.29 is 14.3 Å². The first-order chi connectivity index (χ1) is 17.0. The Balaban J connectivity index is 1.53. The molecule has 1 unspecified atom stereocenters. The molecule has 0 fully saturated rings. The summed E-state index contributed by atoms with van der Waals surface area (Å²) in [4.78, 5) is 24.5. The zero-order chi connectivity index (χ0) is 24.6. The lowest BCUT2D eigenvalue weighted by atomic mass is 10.1. The van der Waals surface area contributed by atoms with Crippen LogP contribution >= 0.6 is 0 Å². The molecule has 4 rings (SSSR count). The average molecular weight is 468 g/mol. The number of ether oxygens (including phenoxy) is 2. The topological polar surface area (TPSA) is 98.3 Å². The maximum absolute atomic E-state index is 11.7. The van der Waals surface area contributed by atoms with Crippen LogP contribution in [0, 0.1) is 18.8 Å². The molecule has 0 aliphatic rings. The Morgan fingerprint density at radius 3 is 2.80 bits per heavy atom. The minimum atomic E-state index is -0.312. The number of aryl methyl sites for hydroxylation is 1. The first kappa shape index (κ1) is 23.7. The molecule has 35 heavy (non-hydrogen) atoms. The summed E-state index contributed by atoms with van der Waals surface area (Å²) in [5.41, 5.74) is 3.42. The van der Waals surface area contributed by atoms with E-state index in [0.717, 1.165) is 33.5 Å². The maximum Gasteiger partial charge on any atom is 0.246 e. The molecular formula is C27H25N5O3. The fourth-order valence-corrected chi connectivity index (χ4v) is 3.39. The Labute approximate surface area is 203 Å². The van der Waals surface area contributed by atoms with Crippen molar-refractivity contribution in [3.63, 3.8) is 0 Å². The van der Waals surface area contributed by atoms with E-state index in [1.807, 2.05) is 62.4 Å². The molecule has 8 heteroatoms. The standard InChI is InChI=1S/C27H25N5O3/c1-18-13-21(9-11-25(18)35-22-5-4-12-28-15-22)32-27-23-14-20(8-10-24(23)29-17-30-27)7-6-19(2)31-26(33)16-34-3/h4-5,8-15,17,19H,16H2,1-3H3,(H,31,33)(H,29,30,32). The second-order valence-corrected chi connectivity index (χ2v) is 7.84. The Bertz CT molecular complexity index is 1400. The molecule has 0 aliphatic carbocycles. The monoisotopic (exact) mass is 467 g/mol. The van der Waals surface area contributed by atoms with E-state index in [1.54, 1.807) is 12.4 Å². The molecule has 0 aliphatic heterocycles. The number of aromatic nitrogens is 3. The lowest BCUT2D eigenvalue weighted by molar-refractivity contribution is -0.125. The zero-order valence-corrected chi connectivity index (χ0v) is 19.7. The van der Waals surface area contributed by atoms with Gasteiger partial charge in [-0.2, -0.15) is 0 Å². The third-order valence-electron chi connectivity index (χ3n) is 5.02. The van der Waals surface area contributed by atoms with E-state index < -0.39 is 0 Å². The van der Waals surface area contributed by atoms with Gasteiger partial charge in [0.15, 0.2) is 0 Å². The van der Waals surface area contributed by atoms with Crippen LogP contribution in [-0.4, -0.2) is 40.6 Å². The number of nitrogens with zero attached hydrogens (tertiary/aromatic N) is 3. The zero-order valence-electron chi connectivity index (χ0n) is 19.7. The number of hydrogen-bond donors (Lipinski definition) is 2. The highest BCUT2D eigenvalue weighted by molar-refractivity contribution is 5.91. The van der Waals surface area contributed by atoms with Gasteiger partial charge in [-0.1, -0.05) is 11.8 Å². The second kappa shape index (κ2) is 11.1. The van der Waals surface area contributed by atoms with Crippen molar-refractivity contribution in [3.05, 3.63) is 78.4 Å². The third-order valence-corrected chi connectivity index (χ3v) is 5.02. The number of pyridine rings is 1. The van der Waals surface area contributed by atoms with Crippen LogP contribution in [0.1, 0.15) is 18.1 Å². The highest BCUT2D eigenvalue weighted by atomic mass is 16.5. The molecule has 2 heterocycles. The summed E-state index contributed by atoms with van der Waals surface area (Å²) in [5.74, 6) is 8.03. The maximum atomic E-state index is 11.7. The number of rotatable bonds is 7. The average Bonchev–Trinajstić information content (AvgIpc) is 2.85. The molecule has 0 saturated heterocycles. The number of carbonyl (C=O) groups excluding carboxylic acids is 1. The lowest BCUT2D eigenvalue weighted by Crippen LogP contribution is -2.34. The molecule has 1 amide bonds. The number of amides is 1. The summed E-state index contributed by atoms with van der Waals surface area (Å²) in [6.07, 6.45) is 4.90. The van der Waals surface area contributed by atoms with Crippen molar-refractivity contribution in [2.75, 3.05) is 19.0 Å². The summed E-state index contributed by atoms with van der Waals surface area (Å²) in [7, 11) is 1.48. The van der Waals surface area contributed by atoms with Gasteiger partial charge in [0.05, 0.1) is 17.8 Å². The van der Waals surface area contributed by atoms with E-state index in [2.05, 4.69) is 37.4 Å². The number of anilines is 2. The number of nitrogens with one attached hydrogen (secondary N) is 2. The summed E-state index contributed by atoms with van der Waals surface area (Å²) in [6, 6.07) is 14.9. The quantitative estimate of drug-likeness (QED) is 0.390. The number of methoxy groups -OCH3 is 1. The Kier molecular flexibility index (Phi) is 7.50. The van der Waals surface area contributed by atoms with Crippen LogP contribution in [0.5, 0.6) is 11.5 Å². The largest absolute Gasteiger partial charge is 0.455 e. The Hall–Kier alpha value is -4.48. The van der Waals surface area contributed by atoms with Crippen molar-refractivity contribution in [2.45, 2.75) is 19.9 Å². The molecule has 4 aromatic rings. The smallest absolute Gasteiger partial charge is 0.246 e. The second-order valence-electron chi connectivity index (χ2n) is 7.84. The SMILES string of the molecule is COCC(=O)NC(C)C#Cc1ccc2ncnc(Nc3ccc(Oc4cccnc4)c(C)c3)c2c1. The predicted molar refractivity (Wildman–Crippen MR) is 135 cm³/mol. The predicted octanol–water partition coefficient (Wildman–Crippen LogP) is 4.37. The summed E-state index contributed by atoms with van der Waals surface area (Å²) in [5, 5.41) is 6.98.